The third kappa shape index (κ3) is 8.31. The second-order valence-corrected chi connectivity index (χ2v) is 16.1. The van der Waals surface area contributed by atoms with Crippen LogP contribution >= 0.6 is 0 Å². The standard InChI is InChI=1S/C23H38F4N2O4S3/c1-8-19(29-34(30)21(3,4)5)23(26,27)36(32,33)17-12-10-11-16(15-17)13-14-18(20(24)25)28-35(31)22(6,7)9-2/h10-12,15,18-20,28-29H,8-9,13-14H2,1-7H3. The van der Waals surface area contributed by atoms with Crippen LogP contribution in [0.25, 0.3) is 0 Å². The summed E-state index contributed by atoms with van der Waals surface area (Å²) in [6.45, 7) is 11.2. The Morgan fingerprint density at radius 3 is 2.03 bits per heavy atom. The molecule has 0 aliphatic heterocycles. The summed E-state index contributed by atoms with van der Waals surface area (Å²) >= 11 is 0. The molecular formula is C23H38F4N2O4S3. The monoisotopic (exact) mass is 578 g/mol. The SMILES string of the molecule is CCC(NS(=O)C(C)(C)C)C(F)(F)S(=O)(=O)c1cccc(CCC(NS(=O)C(C)(C)CC)C(F)F)c1. The van der Waals surface area contributed by atoms with Crippen molar-refractivity contribution in [1.29, 1.82) is 0 Å². The van der Waals surface area contributed by atoms with E-state index >= 15 is 8.78 Å². The Labute approximate surface area is 217 Å². The summed E-state index contributed by atoms with van der Waals surface area (Å²) in [6, 6.07) is 1.43. The van der Waals surface area contributed by atoms with Gasteiger partial charge in [0.05, 0.1) is 48.4 Å². The molecule has 6 nitrogen and oxygen atoms in total. The quantitative estimate of drug-likeness (QED) is 0.308. The molecule has 0 aliphatic carbocycles. The number of alkyl halides is 4. The number of sulfone groups is 1. The predicted octanol–water partition coefficient (Wildman–Crippen LogP) is 4.89. The minimum absolute atomic E-state index is 0.0514. The summed E-state index contributed by atoms with van der Waals surface area (Å²) < 4.78 is 111. The lowest BCUT2D eigenvalue weighted by atomic mass is 10.1. The zero-order valence-electron chi connectivity index (χ0n) is 21.7. The van der Waals surface area contributed by atoms with Crippen molar-refractivity contribution in [2.75, 3.05) is 0 Å². The summed E-state index contributed by atoms with van der Waals surface area (Å²) in [5.41, 5.74) is 0.263. The normalized spacial score (nSPS) is 17.1. The summed E-state index contributed by atoms with van der Waals surface area (Å²) in [4.78, 5) is -0.663. The number of benzene rings is 1. The van der Waals surface area contributed by atoms with Crippen molar-refractivity contribution >= 4 is 31.8 Å². The molecule has 13 heteroatoms. The Morgan fingerprint density at radius 1 is 0.972 bits per heavy atom. The van der Waals surface area contributed by atoms with Gasteiger partial charge in [0.2, 0.25) is 9.84 Å². The van der Waals surface area contributed by atoms with Gasteiger partial charge in [-0.2, -0.15) is 8.78 Å². The van der Waals surface area contributed by atoms with Gasteiger partial charge in [0.1, 0.15) is 0 Å². The highest BCUT2D eigenvalue weighted by atomic mass is 32.2. The average molecular weight is 579 g/mol. The molecule has 0 radical (unpaired) electrons. The van der Waals surface area contributed by atoms with Crippen molar-refractivity contribution < 1.29 is 34.4 Å². The van der Waals surface area contributed by atoms with E-state index < -0.39 is 70.0 Å². The van der Waals surface area contributed by atoms with Crippen LogP contribution in [-0.2, 0) is 38.2 Å². The van der Waals surface area contributed by atoms with Crippen LogP contribution in [0, 0.1) is 0 Å². The van der Waals surface area contributed by atoms with Crippen LogP contribution in [0.3, 0.4) is 0 Å². The van der Waals surface area contributed by atoms with Crippen molar-refractivity contribution in [1.82, 2.24) is 9.44 Å². The van der Waals surface area contributed by atoms with Crippen molar-refractivity contribution in [3.05, 3.63) is 29.8 Å². The molecule has 4 atom stereocenters. The van der Waals surface area contributed by atoms with E-state index in [1.165, 1.54) is 19.1 Å². The molecule has 2 N–H and O–H groups in total. The van der Waals surface area contributed by atoms with Gasteiger partial charge >= 0.3 is 5.25 Å². The molecule has 0 aromatic heterocycles. The maximum absolute atomic E-state index is 15.2. The summed E-state index contributed by atoms with van der Waals surface area (Å²) in [5, 5.41) is -4.28. The Morgan fingerprint density at radius 2 is 1.56 bits per heavy atom. The summed E-state index contributed by atoms with van der Waals surface area (Å²) in [5.74, 6) is 0. The Kier molecular flexibility index (Phi) is 11.8. The average Bonchev–Trinajstić information content (AvgIpc) is 2.78. The lowest BCUT2D eigenvalue weighted by molar-refractivity contribution is 0.0548. The van der Waals surface area contributed by atoms with Gasteiger partial charge in [-0.25, -0.2) is 35.1 Å². The first kappa shape index (κ1) is 33.1. The van der Waals surface area contributed by atoms with Gasteiger partial charge in [-0.15, -0.1) is 0 Å². The topological polar surface area (TPSA) is 92.3 Å². The first-order chi connectivity index (χ1) is 16.3. The van der Waals surface area contributed by atoms with Crippen LogP contribution in [0.2, 0.25) is 0 Å². The molecule has 0 spiro atoms. The van der Waals surface area contributed by atoms with Crippen molar-refractivity contribution in [2.45, 2.75) is 112 Å². The lowest BCUT2D eigenvalue weighted by Gasteiger charge is -2.29. The first-order valence-electron chi connectivity index (χ1n) is 11.7. The maximum atomic E-state index is 15.2. The molecular weight excluding hydrogens is 540 g/mol. The Hall–Kier alpha value is -0.890. The molecule has 0 bridgehead atoms. The molecule has 0 fully saturated rings. The molecule has 0 heterocycles. The molecule has 0 aliphatic rings. The fourth-order valence-corrected chi connectivity index (χ4v) is 6.45. The van der Waals surface area contributed by atoms with Crippen LogP contribution in [0.15, 0.2) is 29.2 Å². The molecule has 0 saturated heterocycles. The van der Waals surface area contributed by atoms with E-state index in [4.69, 9.17) is 0 Å². The van der Waals surface area contributed by atoms with E-state index in [2.05, 4.69) is 9.44 Å². The van der Waals surface area contributed by atoms with E-state index in [0.717, 1.165) is 12.1 Å². The van der Waals surface area contributed by atoms with Gasteiger partial charge in [-0.3, -0.25) is 0 Å². The summed E-state index contributed by atoms with van der Waals surface area (Å²) in [7, 11) is -8.88. The van der Waals surface area contributed by atoms with Crippen molar-refractivity contribution in [3.8, 4) is 0 Å². The molecule has 0 saturated carbocycles. The predicted molar refractivity (Wildman–Crippen MR) is 137 cm³/mol. The minimum atomic E-state index is -5.20. The van der Waals surface area contributed by atoms with Gasteiger partial charge in [0.15, 0.2) is 0 Å². The molecule has 1 rings (SSSR count). The van der Waals surface area contributed by atoms with Crippen LogP contribution in [0.1, 0.15) is 73.3 Å². The number of nitrogens with one attached hydrogen (secondary N) is 2. The Bertz CT molecular complexity index is 1030. The number of halogens is 4. The smallest absolute Gasteiger partial charge is 0.242 e. The number of aryl methyl sites for hydroxylation is 1. The van der Waals surface area contributed by atoms with Crippen LogP contribution in [-0.4, -0.2) is 50.1 Å². The van der Waals surface area contributed by atoms with Crippen LogP contribution in [0.4, 0.5) is 17.6 Å². The fourth-order valence-electron chi connectivity index (χ4n) is 2.89. The summed E-state index contributed by atoms with van der Waals surface area (Å²) in [6.07, 6.45) is -2.89. The van der Waals surface area contributed by atoms with Gasteiger partial charge in [-0.1, -0.05) is 26.0 Å². The number of hydrogen-bond acceptors (Lipinski definition) is 4. The van der Waals surface area contributed by atoms with Crippen molar-refractivity contribution in [3.63, 3.8) is 0 Å². The lowest BCUT2D eigenvalue weighted by Crippen LogP contribution is -2.52. The largest absolute Gasteiger partial charge is 0.365 e. The van der Waals surface area contributed by atoms with E-state index in [1.54, 1.807) is 41.5 Å². The fraction of sp³-hybridized carbons (Fsp3) is 0.739. The maximum Gasteiger partial charge on any atom is 0.365 e. The van der Waals surface area contributed by atoms with Gasteiger partial charge in [0.25, 0.3) is 6.43 Å². The molecule has 4 unspecified atom stereocenters. The number of hydrogen-bond donors (Lipinski definition) is 2. The Balaban J connectivity index is 3.14. The van der Waals surface area contributed by atoms with Crippen LogP contribution in [0.5, 0.6) is 0 Å². The molecule has 210 valence electrons. The highest BCUT2D eigenvalue weighted by molar-refractivity contribution is 7.92. The van der Waals surface area contributed by atoms with Gasteiger partial charge in [-0.05, 0) is 78.0 Å². The van der Waals surface area contributed by atoms with E-state index in [0.29, 0.717) is 6.42 Å². The molecule has 1 aromatic carbocycles. The van der Waals surface area contributed by atoms with E-state index in [1.807, 2.05) is 0 Å². The molecule has 0 amide bonds. The second-order valence-electron chi connectivity index (χ2n) is 10.2. The molecule has 1 aromatic rings. The number of rotatable bonds is 14. The second kappa shape index (κ2) is 12.8. The first-order valence-corrected chi connectivity index (χ1v) is 15.4. The zero-order valence-corrected chi connectivity index (χ0v) is 24.2. The van der Waals surface area contributed by atoms with E-state index in [-0.39, 0.29) is 24.8 Å². The highest BCUT2D eigenvalue weighted by Crippen LogP contribution is 2.35. The third-order valence-corrected chi connectivity index (χ3v) is 11.1. The van der Waals surface area contributed by atoms with Gasteiger partial charge < -0.3 is 0 Å². The third-order valence-electron chi connectivity index (χ3n) is 5.85. The molecule has 36 heavy (non-hydrogen) atoms. The van der Waals surface area contributed by atoms with E-state index in [9.17, 15) is 25.6 Å². The van der Waals surface area contributed by atoms with Gasteiger partial charge in [0, 0.05) is 0 Å². The van der Waals surface area contributed by atoms with Crippen LogP contribution < -0.4 is 9.44 Å². The minimum Gasteiger partial charge on any atom is -0.242 e. The highest BCUT2D eigenvalue weighted by Gasteiger charge is 2.53. The zero-order chi connectivity index (χ0) is 28.1. The van der Waals surface area contributed by atoms with Crippen molar-refractivity contribution in [2.24, 2.45) is 0 Å².